The smallest absolute Gasteiger partial charge is 0.0403 e. The topological polar surface area (TPSA) is 12.9 Å². The second-order valence-electron chi connectivity index (χ2n) is 4.69. The highest BCUT2D eigenvalue weighted by Crippen LogP contribution is 2.29. The molecule has 0 saturated heterocycles. The van der Waals surface area contributed by atoms with Crippen LogP contribution in [0.3, 0.4) is 0 Å². The van der Waals surface area contributed by atoms with Crippen molar-refractivity contribution in [3.8, 4) is 0 Å². The van der Waals surface area contributed by atoms with Crippen molar-refractivity contribution < 1.29 is 0 Å². The lowest BCUT2D eigenvalue weighted by Gasteiger charge is -2.17. The lowest BCUT2D eigenvalue weighted by molar-refractivity contribution is 0.696. The van der Waals surface area contributed by atoms with E-state index in [0.717, 1.165) is 6.42 Å². The predicted octanol–water partition coefficient (Wildman–Crippen LogP) is 4.58. The van der Waals surface area contributed by atoms with Gasteiger partial charge in [0.25, 0.3) is 0 Å². The number of rotatable bonds is 5. The summed E-state index contributed by atoms with van der Waals surface area (Å²) in [7, 11) is 0. The number of pyridine rings is 1. The predicted molar refractivity (Wildman–Crippen MR) is 76.8 cm³/mol. The molecule has 0 N–H and O–H groups in total. The number of aromatic nitrogens is 1. The summed E-state index contributed by atoms with van der Waals surface area (Å²) in [6.45, 7) is 4.40. The van der Waals surface area contributed by atoms with Crippen molar-refractivity contribution in [2.45, 2.75) is 39.0 Å². The van der Waals surface area contributed by atoms with Crippen molar-refractivity contribution in [3.63, 3.8) is 0 Å². The molecule has 18 heavy (non-hydrogen) atoms. The molecule has 0 spiro atoms. The molecular formula is C17H21N. The van der Waals surface area contributed by atoms with Crippen LogP contribution in [-0.4, -0.2) is 4.98 Å². The van der Waals surface area contributed by atoms with Crippen LogP contribution in [0.2, 0.25) is 0 Å². The third-order valence-electron chi connectivity index (χ3n) is 3.38. The van der Waals surface area contributed by atoms with Crippen molar-refractivity contribution in [1.29, 1.82) is 0 Å². The van der Waals surface area contributed by atoms with Crippen molar-refractivity contribution >= 4 is 0 Å². The molecule has 0 fully saturated rings. The maximum atomic E-state index is 4.39. The van der Waals surface area contributed by atoms with Gasteiger partial charge in [0.15, 0.2) is 0 Å². The Kier molecular flexibility index (Phi) is 4.52. The van der Waals surface area contributed by atoms with Crippen LogP contribution in [0.25, 0.3) is 0 Å². The van der Waals surface area contributed by atoms with E-state index in [4.69, 9.17) is 0 Å². The summed E-state index contributed by atoms with van der Waals surface area (Å²) in [5, 5.41) is 0. The first-order valence-corrected chi connectivity index (χ1v) is 6.85. The Morgan fingerprint density at radius 1 is 1.00 bits per heavy atom. The van der Waals surface area contributed by atoms with Gasteiger partial charge in [-0.3, -0.25) is 4.98 Å². The summed E-state index contributed by atoms with van der Waals surface area (Å²) >= 11 is 0. The van der Waals surface area contributed by atoms with Gasteiger partial charge < -0.3 is 0 Å². The van der Waals surface area contributed by atoms with Crippen LogP contribution in [0.5, 0.6) is 0 Å². The van der Waals surface area contributed by atoms with Crippen LogP contribution in [0, 0.1) is 0 Å². The van der Waals surface area contributed by atoms with Crippen molar-refractivity contribution in [2.75, 3.05) is 0 Å². The Morgan fingerprint density at radius 2 is 1.78 bits per heavy atom. The standard InChI is InChI=1S/C17H21N/c1-3-8-17(14-9-6-5-7-10-14)15-11-12-18-16(4-2)13-15/h5-7,9-13,17H,3-4,8H2,1-2H3. The van der Waals surface area contributed by atoms with Gasteiger partial charge in [-0.15, -0.1) is 0 Å². The van der Waals surface area contributed by atoms with Gasteiger partial charge in [-0.25, -0.2) is 0 Å². The first-order valence-electron chi connectivity index (χ1n) is 6.85. The summed E-state index contributed by atoms with van der Waals surface area (Å²) < 4.78 is 0. The van der Waals surface area contributed by atoms with E-state index in [1.807, 2.05) is 6.20 Å². The van der Waals surface area contributed by atoms with Crippen LogP contribution in [-0.2, 0) is 6.42 Å². The summed E-state index contributed by atoms with van der Waals surface area (Å²) in [6.07, 6.45) is 5.34. The van der Waals surface area contributed by atoms with Crippen LogP contribution in [0.4, 0.5) is 0 Å². The summed E-state index contributed by atoms with van der Waals surface area (Å²) in [5.41, 5.74) is 3.99. The largest absolute Gasteiger partial charge is 0.261 e. The van der Waals surface area contributed by atoms with Gasteiger partial charge in [-0.1, -0.05) is 50.6 Å². The number of hydrogen-bond donors (Lipinski definition) is 0. The zero-order valence-corrected chi connectivity index (χ0v) is 11.3. The molecule has 0 saturated carbocycles. The minimum Gasteiger partial charge on any atom is -0.261 e. The third kappa shape index (κ3) is 2.98. The Bertz CT molecular complexity index is 476. The lowest BCUT2D eigenvalue weighted by atomic mass is 9.88. The monoisotopic (exact) mass is 239 g/mol. The third-order valence-corrected chi connectivity index (χ3v) is 3.38. The molecule has 2 aromatic rings. The van der Waals surface area contributed by atoms with Gasteiger partial charge in [0.2, 0.25) is 0 Å². The normalized spacial score (nSPS) is 12.3. The Hall–Kier alpha value is -1.63. The zero-order valence-electron chi connectivity index (χ0n) is 11.3. The fraction of sp³-hybridized carbons (Fsp3) is 0.353. The summed E-state index contributed by atoms with van der Waals surface area (Å²) in [6, 6.07) is 15.2. The molecule has 0 aliphatic heterocycles. The molecule has 1 nitrogen and oxygen atoms in total. The molecule has 0 radical (unpaired) electrons. The van der Waals surface area contributed by atoms with Crippen molar-refractivity contribution in [3.05, 3.63) is 65.5 Å². The lowest BCUT2D eigenvalue weighted by Crippen LogP contribution is -2.02. The second kappa shape index (κ2) is 6.34. The van der Waals surface area contributed by atoms with E-state index in [-0.39, 0.29) is 0 Å². The van der Waals surface area contributed by atoms with Gasteiger partial charge in [0.1, 0.15) is 0 Å². The molecule has 0 aliphatic rings. The number of aryl methyl sites for hydroxylation is 1. The molecule has 1 atom stereocenters. The van der Waals surface area contributed by atoms with Crippen LogP contribution < -0.4 is 0 Å². The molecule has 0 amide bonds. The molecule has 1 aromatic carbocycles. The quantitative estimate of drug-likeness (QED) is 0.744. The first kappa shape index (κ1) is 12.8. The van der Waals surface area contributed by atoms with E-state index in [1.54, 1.807) is 0 Å². The molecule has 1 aromatic heterocycles. The highest BCUT2D eigenvalue weighted by molar-refractivity contribution is 5.32. The summed E-state index contributed by atoms with van der Waals surface area (Å²) in [4.78, 5) is 4.39. The van der Waals surface area contributed by atoms with E-state index in [2.05, 4.69) is 61.3 Å². The highest BCUT2D eigenvalue weighted by atomic mass is 14.7. The molecule has 0 aliphatic carbocycles. The summed E-state index contributed by atoms with van der Waals surface area (Å²) in [5.74, 6) is 0.504. The molecule has 94 valence electrons. The molecule has 1 heterocycles. The molecule has 1 unspecified atom stereocenters. The number of benzene rings is 1. The fourth-order valence-corrected chi connectivity index (χ4v) is 2.41. The van der Waals surface area contributed by atoms with Crippen molar-refractivity contribution in [1.82, 2.24) is 4.98 Å². The van der Waals surface area contributed by atoms with Gasteiger partial charge in [-0.2, -0.15) is 0 Å². The van der Waals surface area contributed by atoms with E-state index >= 15 is 0 Å². The minimum absolute atomic E-state index is 0.504. The zero-order chi connectivity index (χ0) is 12.8. The van der Waals surface area contributed by atoms with Gasteiger partial charge in [-0.05, 0) is 36.1 Å². The number of nitrogens with zero attached hydrogens (tertiary/aromatic N) is 1. The van der Waals surface area contributed by atoms with E-state index in [0.29, 0.717) is 5.92 Å². The average molecular weight is 239 g/mol. The van der Waals surface area contributed by atoms with Crippen LogP contribution >= 0.6 is 0 Å². The van der Waals surface area contributed by atoms with Crippen molar-refractivity contribution in [2.24, 2.45) is 0 Å². The fourth-order valence-electron chi connectivity index (χ4n) is 2.41. The Labute approximate surface area is 110 Å². The van der Waals surface area contributed by atoms with Gasteiger partial charge >= 0.3 is 0 Å². The highest BCUT2D eigenvalue weighted by Gasteiger charge is 2.13. The van der Waals surface area contributed by atoms with Gasteiger partial charge in [0, 0.05) is 17.8 Å². The maximum Gasteiger partial charge on any atom is 0.0403 e. The van der Waals surface area contributed by atoms with E-state index in [1.165, 1.54) is 29.7 Å². The van der Waals surface area contributed by atoms with Crippen LogP contribution in [0.1, 0.15) is 49.4 Å². The van der Waals surface area contributed by atoms with E-state index < -0.39 is 0 Å². The second-order valence-corrected chi connectivity index (χ2v) is 4.69. The first-order chi connectivity index (χ1) is 8.85. The molecule has 1 heteroatoms. The molecule has 0 bridgehead atoms. The molecular weight excluding hydrogens is 218 g/mol. The Morgan fingerprint density at radius 3 is 2.44 bits per heavy atom. The minimum atomic E-state index is 0.504. The van der Waals surface area contributed by atoms with E-state index in [9.17, 15) is 0 Å². The molecule has 2 rings (SSSR count). The maximum absolute atomic E-state index is 4.39. The van der Waals surface area contributed by atoms with Gasteiger partial charge in [0.05, 0.1) is 0 Å². The average Bonchev–Trinajstić information content (AvgIpc) is 2.46. The SMILES string of the molecule is CCCC(c1ccccc1)c1ccnc(CC)c1. The van der Waals surface area contributed by atoms with Crippen LogP contribution in [0.15, 0.2) is 48.7 Å². The number of hydrogen-bond acceptors (Lipinski definition) is 1. The Balaban J connectivity index is 2.35.